The lowest BCUT2D eigenvalue weighted by Crippen LogP contribution is -2.66. The molecule has 0 radical (unpaired) electrons. The summed E-state index contributed by atoms with van der Waals surface area (Å²) in [7, 11) is 0. The number of hydrogen-bond donors (Lipinski definition) is 13. The summed E-state index contributed by atoms with van der Waals surface area (Å²) in [6.45, 7) is -1.74. The van der Waals surface area contributed by atoms with Crippen molar-refractivity contribution in [2.75, 3.05) is 26.4 Å². The first-order chi connectivity index (χ1) is 22.2. The predicted octanol–water partition coefficient (Wildman–Crippen LogP) is -8.58. The van der Waals surface area contributed by atoms with Crippen LogP contribution in [0.5, 0.6) is 0 Å². The number of aliphatic hydroxyl groups is 12. The molecule has 4 aliphatic heterocycles. The van der Waals surface area contributed by atoms with Crippen LogP contribution in [0.4, 0.5) is 0 Å². The summed E-state index contributed by atoms with van der Waals surface area (Å²) in [6.07, 6.45) is -30.2. The molecule has 47 heavy (non-hydrogen) atoms. The first-order valence-corrected chi connectivity index (χ1v) is 15.0. The standard InChI is InChI=1S/C26H45NO20/c1-7(31)27-8-2-9(32)10(3-28)43-24(8)47-22-18(37)15(34)12(5-30)45-26(22)46-21-16(35)13(42-23(40)20(21)39)6-41-25-19(38)17(36)14(33)11(4-29)44-25/h8-26,28-30,32-40H,2-6H2,1H3,(H,27,31)/t8-,9+,10-,11-,12-,13-,14-,15-,16-,17+,18+,19+,20+,21+,22+,23-,24+,25+,26-/m1/s1. The Morgan fingerprint density at radius 2 is 1.17 bits per heavy atom. The zero-order valence-electron chi connectivity index (χ0n) is 25.1. The molecule has 4 heterocycles. The van der Waals surface area contributed by atoms with Crippen LogP contribution in [-0.4, -0.2) is 210 Å². The Balaban J connectivity index is 1.52. The topological polar surface area (TPSA) is 336 Å². The van der Waals surface area contributed by atoms with Gasteiger partial charge in [-0.15, -0.1) is 0 Å². The lowest BCUT2D eigenvalue weighted by molar-refractivity contribution is -0.380. The van der Waals surface area contributed by atoms with Crippen molar-refractivity contribution in [2.45, 2.75) is 130 Å². The molecule has 1 amide bonds. The largest absolute Gasteiger partial charge is 0.394 e. The van der Waals surface area contributed by atoms with Crippen LogP contribution in [0.15, 0.2) is 0 Å². The molecule has 19 atom stereocenters. The second-order valence-electron chi connectivity index (χ2n) is 11.8. The first kappa shape index (κ1) is 38.5. The summed E-state index contributed by atoms with van der Waals surface area (Å²) in [5.74, 6) is -0.546. The molecule has 0 aromatic rings. The molecule has 0 aliphatic carbocycles. The highest BCUT2D eigenvalue weighted by Gasteiger charge is 2.53. The van der Waals surface area contributed by atoms with E-state index in [1.807, 2.05) is 0 Å². The van der Waals surface area contributed by atoms with Gasteiger partial charge in [0.15, 0.2) is 25.2 Å². The molecular formula is C26H45NO20. The molecule has 0 spiro atoms. The molecule has 0 aromatic heterocycles. The maximum atomic E-state index is 11.8. The van der Waals surface area contributed by atoms with Crippen molar-refractivity contribution < 1.29 is 99.2 Å². The van der Waals surface area contributed by atoms with E-state index in [0.29, 0.717) is 0 Å². The number of nitrogens with one attached hydrogen (secondary N) is 1. The molecule has 4 fully saturated rings. The van der Waals surface area contributed by atoms with Gasteiger partial charge in [0.25, 0.3) is 0 Å². The normalized spacial score (nSPS) is 49.4. The lowest BCUT2D eigenvalue weighted by Gasteiger charge is -2.48. The number of aliphatic hydroxyl groups excluding tert-OH is 12. The van der Waals surface area contributed by atoms with Crippen LogP contribution in [0, 0.1) is 0 Å². The molecule has 4 aliphatic rings. The first-order valence-electron chi connectivity index (χ1n) is 15.0. The lowest BCUT2D eigenvalue weighted by atomic mass is 9.96. The van der Waals surface area contributed by atoms with Gasteiger partial charge >= 0.3 is 0 Å². The third-order valence-corrected chi connectivity index (χ3v) is 8.47. The van der Waals surface area contributed by atoms with E-state index in [9.17, 15) is 66.1 Å². The summed E-state index contributed by atoms with van der Waals surface area (Å²) >= 11 is 0. The molecule has 0 bridgehead atoms. The Bertz CT molecular complexity index is 996. The average Bonchev–Trinajstić information content (AvgIpc) is 3.03. The van der Waals surface area contributed by atoms with Gasteiger partial charge in [0.1, 0.15) is 79.4 Å². The van der Waals surface area contributed by atoms with Crippen LogP contribution in [0.25, 0.3) is 0 Å². The zero-order chi connectivity index (χ0) is 34.7. The van der Waals surface area contributed by atoms with Crippen molar-refractivity contribution in [3.63, 3.8) is 0 Å². The molecule has 21 heteroatoms. The highest BCUT2D eigenvalue weighted by molar-refractivity contribution is 5.73. The van der Waals surface area contributed by atoms with E-state index in [4.69, 9.17) is 33.2 Å². The van der Waals surface area contributed by atoms with Gasteiger partial charge in [-0.2, -0.15) is 0 Å². The van der Waals surface area contributed by atoms with Gasteiger partial charge in [-0.05, 0) is 0 Å². The van der Waals surface area contributed by atoms with Crippen molar-refractivity contribution in [3.8, 4) is 0 Å². The zero-order valence-corrected chi connectivity index (χ0v) is 25.1. The van der Waals surface area contributed by atoms with Crippen LogP contribution in [0.2, 0.25) is 0 Å². The van der Waals surface area contributed by atoms with Crippen molar-refractivity contribution in [1.29, 1.82) is 0 Å². The molecule has 0 saturated carbocycles. The number of ether oxygens (including phenoxy) is 7. The summed E-state index contributed by atoms with van der Waals surface area (Å²) in [5.41, 5.74) is 0. The minimum absolute atomic E-state index is 0.161. The maximum absolute atomic E-state index is 11.8. The fourth-order valence-corrected chi connectivity index (χ4v) is 5.79. The van der Waals surface area contributed by atoms with E-state index in [1.54, 1.807) is 0 Å². The van der Waals surface area contributed by atoms with E-state index in [0.717, 1.165) is 0 Å². The van der Waals surface area contributed by atoms with Crippen molar-refractivity contribution in [2.24, 2.45) is 0 Å². The summed E-state index contributed by atoms with van der Waals surface area (Å²) in [5, 5.41) is 126. The van der Waals surface area contributed by atoms with Gasteiger partial charge in [0, 0.05) is 13.3 Å². The third kappa shape index (κ3) is 8.54. The molecule has 21 nitrogen and oxygen atoms in total. The van der Waals surface area contributed by atoms with Crippen LogP contribution < -0.4 is 5.32 Å². The highest BCUT2D eigenvalue weighted by atomic mass is 16.8. The average molecular weight is 692 g/mol. The molecule has 4 saturated heterocycles. The van der Waals surface area contributed by atoms with Gasteiger partial charge < -0.3 is 99.8 Å². The highest BCUT2D eigenvalue weighted by Crippen LogP contribution is 2.33. The van der Waals surface area contributed by atoms with Gasteiger partial charge in [-0.1, -0.05) is 0 Å². The number of amides is 1. The Morgan fingerprint density at radius 1 is 0.617 bits per heavy atom. The van der Waals surface area contributed by atoms with Crippen LogP contribution in [0.1, 0.15) is 13.3 Å². The van der Waals surface area contributed by atoms with Crippen LogP contribution >= 0.6 is 0 Å². The molecule has 0 unspecified atom stereocenters. The second-order valence-corrected chi connectivity index (χ2v) is 11.8. The van der Waals surface area contributed by atoms with E-state index >= 15 is 0 Å². The smallest absolute Gasteiger partial charge is 0.217 e. The van der Waals surface area contributed by atoms with Gasteiger partial charge in [-0.25, -0.2) is 0 Å². The summed E-state index contributed by atoms with van der Waals surface area (Å²) in [4.78, 5) is 11.8. The van der Waals surface area contributed by atoms with Crippen LogP contribution in [-0.2, 0) is 38.0 Å². The number of carbonyl (C=O) groups is 1. The quantitative estimate of drug-likeness (QED) is 0.0956. The number of carbonyl (C=O) groups excluding carboxylic acids is 1. The van der Waals surface area contributed by atoms with E-state index in [-0.39, 0.29) is 6.42 Å². The minimum atomic E-state index is -2.03. The van der Waals surface area contributed by atoms with Crippen molar-refractivity contribution in [1.82, 2.24) is 5.32 Å². The second kappa shape index (κ2) is 16.6. The van der Waals surface area contributed by atoms with E-state index in [1.165, 1.54) is 6.92 Å². The molecule has 0 aromatic carbocycles. The Morgan fingerprint density at radius 3 is 1.77 bits per heavy atom. The Labute approximate surface area is 267 Å². The Kier molecular flexibility index (Phi) is 13.6. The summed E-state index contributed by atoms with van der Waals surface area (Å²) in [6, 6.07) is -1.05. The predicted molar refractivity (Wildman–Crippen MR) is 144 cm³/mol. The SMILES string of the molecule is CC(=O)N[C@@H]1C[C@H](O)[C@@H](CO)O[C@H]1O[C@@H]1[C@@H](O[C@@H]2[C@H](O)[C@H](O)O[C@H](CO[C@H]3O[C@H](CO)[C@@H](O)[C@H](O)[C@@H]3O)[C@H]2O)O[C@H](CO)[C@@H](O)[C@@H]1O. The van der Waals surface area contributed by atoms with Gasteiger partial charge in [0.05, 0.1) is 38.6 Å². The van der Waals surface area contributed by atoms with E-state index in [2.05, 4.69) is 5.32 Å². The molecule has 4 rings (SSSR count). The minimum Gasteiger partial charge on any atom is -0.394 e. The molecule has 13 N–H and O–H groups in total. The molecule has 274 valence electrons. The van der Waals surface area contributed by atoms with Gasteiger partial charge in [0.2, 0.25) is 5.91 Å². The maximum Gasteiger partial charge on any atom is 0.217 e. The monoisotopic (exact) mass is 691 g/mol. The number of hydrogen-bond acceptors (Lipinski definition) is 20. The van der Waals surface area contributed by atoms with E-state index < -0.39 is 149 Å². The Hall–Kier alpha value is -1.29. The fourth-order valence-electron chi connectivity index (χ4n) is 5.79. The molecular weight excluding hydrogens is 646 g/mol. The van der Waals surface area contributed by atoms with Crippen molar-refractivity contribution >= 4 is 5.91 Å². The van der Waals surface area contributed by atoms with Gasteiger partial charge in [-0.3, -0.25) is 4.79 Å². The number of rotatable bonds is 11. The van der Waals surface area contributed by atoms with Crippen LogP contribution in [0.3, 0.4) is 0 Å². The third-order valence-electron chi connectivity index (χ3n) is 8.47. The fraction of sp³-hybridized carbons (Fsp3) is 0.962. The van der Waals surface area contributed by atoms with Crippen molar-refractivity contribution in [3.05, 3.63) is 0 Å². The summed E-state index contributed by atoms with van der Waals surface area (Å²) < 4.78 is 38.7.